The Balaban J connectivity index is 2.16. The van der Waals surface area contributed by atoms with E-state index in [1.807, 2.05) is 18.2 Å². The number of rotatable bonds is 3. The van der Waals surface area contributed by atoms with Gasteiger partial charge in [-0.05, 0) is 44.4 Å². The minimum Gasteiger partial charge on any atom is -0.305 e. The second-order valence-electron chi connectivity index (χ2n) is 5.03. The number of hydrogen-bond acceptors (Lipinski definition) is 1. The standard InChI is InChI=1S/C13H17Cl2N/c1-13(2,16-10-4-3-5-10)9-6-7-11(14)12(15)8-9/h6-8,10,16H,3-5H2,1-2H3. The highest BCUT2D eigenvalue weighted by Crippen LogP contribution is 2.30. The van der Waals surface area contributed by atoms with E-state index in [-0.39, 0.29) is 5.54 Å². The molecule has 0 bridgehead atoms. The molecule has 1 N–H and O–H groups in total. The highest BCUT2D eigenvalue weighted by atomic mass is 35.5. The van der Waals surface area contributed by atoms with E-state index in [1.54, 1.807) is 0 Å². The number of nitrogens with one attached hydrogen (secondary N) is 1. The van der Waals surface area contributed by atoms with Crippen molar-refractivity contribution in [1.82, 2.24) is 5.32 Å². The molecule has 0 aromatic heterocycles. The molecule has 1 aromatic rings. The third kappa shape index (κ3) is 2.53. The van der Waals surface area contributed by atoms with Gasteiger partial charge in [-0.2, -0.15) is 0 Å². The fourth-order valence-corrected chi connectivity index (χ4v) is 2.33. The van der Waals surface area contributed by atoms with Gasteiger partial charge in [-0.1, -0.05) is 35.7 Å². The normalized spacial score (nSPS) is 17.2. The maximum atomic E-state index is 6.04. The molecule has 0 spiro atoms. The Kier molecular flexibility index (Phi) is 3.48. The Bertz CT molecular complexity index is 384. The van der Waals surface area contributed by atoms with E-state index in [4.69, 9.17) is 23.2 Å². The summed E-state index contributed by atoms with van der Waals surface area (Å²) in [5, 5.41) is 4.90. The van der Waals surface area contributed by atoms with Crippen LogP contribution < -0.4 is 5.32 Å². The van der Waals surface area contributed by atoms with Crippen molar-refractivity contribution in [3.8, 4) is 0 Å². The molecular formula is C13H17Cl2N. The van der Waals surface area contributed by atoms with Crippen molar-refractivity contribution >= 4 is 23.2 Å². The highest BCUT2D eigenvalue weighted by Gasteiger charge is 2.27. The highest BCUT2D eigenvalue weighted by molar-refractivity contribution is 6.42. The van der Waals surface area contributed by atoms with E-state index in [0.717, 1.165) is 0 Å². The van der Waals surface area contributed by atoms with Crippen LogP contribution in [0.2, 0.25) is 10.0 Å². The summed E-state index contributed by atoms with van der Waals surface area (Å²) < 4.78 is 0. The Labute approximate surface area is 107 Å². The Morgan fingerprint density at radius 3 is 2.38 bits per heavy atom. The van der Waals surface area contributed by atoms with Crippen LogP contribution >= 0.6 is 23.2 Å². The third-order valence-electron chi connectivity index (χ3n) is 3.31. The zero-order valence-electron chi connectivity index (χ0n) is 9.69. The Morgan fingerprint density at radius 2 is 1.88 bits per heavy atom. The summed E-state index contributed by atoms with van der Waals surface area (Å²) in [6.07, 6.45) is 3.91. The van der Waals surface area contributed by atoms with Gasteiger partial charge in [0.25, 0.3) is 0 Å². The fraction of sp³-hybridized carbons (Fsp3) is 0.538. The van der Waals surface area contributed by atoms with Crippen LogP contribution in [-0.2, 0) is 5.54 Å². The lowest BCUT2D eigenvalue weighted by Crippen LogP contribution is -2.46. The average molecular weight is 258 g/mol. The molecule has 1 aliphatic rings. The van der Waals surface area contributed by atoms with Crippen molar-refractivity contribution in [2.75, 3.05) is 0 Å². The summed E-state index contributed by atoms with van der Waals surface area (Å²) in [7, 11) is 0. The lowest BCUT2D eigenvalue weighted by atomic mass is 9.87. The van der Waals surface area contributed by atoms with Gasteiger partial charge in [0.2, 0.25) is 0 Å². The van der Waals surface area contributed by atoms with Crippen molar-refractivity contribution in [3.05, 3.63) is 33.8 Å². The Hall–Kier alpha value is -0.240. The zero-order chi connectivity index (χ0) is 11.8. The van der Waals surface area contributed by atoms with Crippen LogP contribution in [0.3, 0.4) is 0 Å². The number of benzene rings is 1. The first-order valence-electron chi connectivity index (χ1n) is 5.72. The molecule has 3 heteroatoms. The van der Waals surface area contributed by atoms with Crippen LogP contribution in [0.1, 0.15) is 38.7 Å². The van der Waals surface area contributed by atoms with Gasteiger partial charge >= 0.3 is 0 Å². The summed E-state index contributed by atoms with van der Waals surface area (Å²) in [6, 6.07) is 6.52. The molecular weight excluding hydrogens is 241 g/mol. The van der Waals surface area contributed by atoms with Crippen LogP contribution in [0, 0.1) is 0 Å². The average Bonchev–Trinajstić information content (AvgIpc) is 2.16. The molecule has 1 saturated carbocycles. The van der Waals surface area contributed by atoms with E-state index in [0.29, 0.717) is 16.1 Å². The largest absolute Gasteiger partial charge is 0.305 e. The summed E-state index contributed by atoms with van der Waals surface area (Å²) in [5.74, 6) is 0. The van der Waals surface area contributed by atoms with Crippen LogP contribution in [0.25, 0.3) is 0 Å². The van der Waals surface area contributed by atoms with Crippen molar-refractivity contribution in [2.24, 2.45) is 0 Å². The summed E-state index contributed by atoms with van der Waals surface area (Å²) in [6.45, 7) is 4.37. The fourth-order valence-electron chi connectivity index (χ4n) is 2.03. The topological polar surface area (TPSA) is 12.0 Å². The van der Waals surface area contributed by atoms with Gasteiger partial charge in [-0.25, -0.2) is 0 Å². The van der Waals surface area contributed by atoms with Crippen molar-refractivity contribution in [2.45, 2.75) is 44.7 Å². The zero-order valence-corrected chi connectivity index (χ0v) is 11.2. The van der Waals surface area contributed by atoms with E-state index in [9.17, 15) is 0 Å². The van der Waals surface area contributed by atoms with Gasteiger partial charge < -0.3 is 5.32 Å². The summed E-state index contributed by atoms with van der Waals surface area (Å²) in [5.41, 5.74) is 1.15. The van der Waals surface area contributed by atoms with Gasteiger partial charge in [-0.15, -0.1) is 0 Å². The molecule has 0 amide bonds. The second kappa shape index (κ2) is 4.56. The monoisotopic (exact) mass is 257 g/mol. The first kappa shape index (κ1) is 12.2. The first-order chi connectivity index (χ1) is 7.49. The molecule has 0 unspecified atom stereocenters. The third-order valence-corrected chi connectivity index (χ3v) is 4.05. The molecule has 88 valence electrons. The van der Waals surface area contributed by atoms with Gasteiger partial charge in [0.05, 0.1) is 10.0 Å². The molecule has 0 atom stereocenters. The van der Waals surface area contributed by atoms with Crippen LogP contribution in [-0.4, -0.2) is 6.04 Å². The molecule has 1 nitrogen and oxygen atoms in total. The van der Waals surface area contributed by atoms with Crippen LogP contribution in [0.15, 0.2) is 18.2 Å². The minimum absolute atomic E-state index is 0.0423. The first-order valence-corrected chi connectivity index (χ1v) is 6.48. The molecule has 2 rings (SSSR count). The molecule has 1 aromatic carbocycles. The SMILES string of the molecule is CC(C)(NC1CCC1)c1ccc(Cl)c(Cl)c1. The smallest absolute Gasteiger partial charge is 0.0595 e. The van der Waals surface area contributed by atoms with Crippen LogP contribution in [0.4, 0.5) is 0 Å². The van der Waals surface area contributed by atoms with Gasteiger partial charge in [0.15, 0.2) is 0 Å². The van der Waals surface area contributed by atoms with Gasteiger partial charge in [0, 0.05) is 11.6 Å². The molecule has 0 aliphatic heterocycles. The van der Waals surface area contributed by atoms with Crippen LogP contribution in [0.5, 0.6) is 0 Å². The van der Waals surface area contributed by atoms with E-state index in [2.05, 4.69) is 19.2 Å². The Morgan fingerprint density at radius 1 is 1.19 bits per heavy atom. The van der Waals surface area contributed by atoms with E-state index < -0.39 is 0 Å². The second-order valence-corrected chi connectivity index (χ2v) is 5.84. The molecule has 0 saturated heterocycles. The minimum atomic E-state index is -0.0423. The maximum absolute atomic E-state index is 6.04. The molecule has 16 heavy (non-hydrogen) atoms. The number of hydrogen-bond donors (Lipinski definition) is 1. The van der Waals surface area contributed by atoms with Gasteiger partial charge in [-0.3, -0.25) is 0 Å². The van der Waals surface area contributed by atoms with E-state index >= 15 is 0 Å². The lowest BCUT2D eigenvalue weighted by molar-refractivity contribution is 0.254. The number of halogens is 2. The van der Waals surface area contributed by atoms with Crippen molar-refractivity contribution < 1.29 is 0 Å². The maximum Gasteiger partial charge on any atom is 0.0595 e. The molecule has 1 fully saturated rings. The quantitative estimate of drug-likeness (QED) is 0.848. The van der Waals surface area contributed by atoms with Gasteiger partial charge in [0.1, 0.15) is 0 Å². The summed E-state index contributed by atoms with van der Waals surface area (Å²) >= 11 is 12.0. The summed E-state index contributed by atoms with van der Waals surface area (Å²) in [4.78, 5) is 0. The van der Waals surface area contributed by atoms with Crippen molar-refractivity contribution in [3.63, 3.8) is 0 Å². The van der Waals surface area contributed by atoms with Crippen molar-refractivity contribution in [1.29, 1.82) is 0 Å². The predicted octanol–water partition coefficient (Wildman–Crippen LogP) is 4.37. The van der Waals surface area contributed by atoms with E-state index in [1.165, 1.54) is 24.8 Å². The predicted molar refractivity (Wildman–Crippen MR) is 70.3 cm³/mol. The lowest BCUT2D eigenvalue weighted by Gasteiger charge is -2.37. The molecule has 0 heterocycles. The molecule has 0 radical (unpaired) electrons. The molecule has 1 aliphatic carbocycles.